The molecule has 2 aliphatic heterocycles. The topological polar surface area (TPSA) is 50.4 Å². The highest BCUT2D eigenvalue weighted by Crippen LogP contribution is 2.26. The van der Waals surface area contributed by atoms with E-state index in [4.69, 9.17) is 4.74 Å². The number of rotatable bonds is 6. The largest absolute Gasteiger partial charge is 0.381 e. The summed E-state index contributed by atoms with van der Waals surface area (Å²) in [4.78, 5) is 12.2. The lowest BCUT2D eigenvalue weighted by Gasteiger charge is -2.22. The smallest absolute Gasteiger partial charge is 0.224 e. The molecule has 0 unspecified atom stereocenters. The summed E-state index contributed by atoms with van der Waals surface area (Å²) in [7, 11) is 0. The number of carbonyl (C=O) groups is 1. The van der Waals surface area contributed by atoms with E-state index in [0.29, 0.717) is 17.6 Å². The number of benzene rings is 1. The second-order valence-corrected chi connectivity index (χ2v) is 8.06. The normalized spacial score (nSPS) is 20.0. The summed E-state index contributed by atoms with van der Waals surface area (Å²) >= 11 is 2.01. The molecule has 0 radical (unpaired) electrons. The number of thioether (sulfide) groups is 1. The zero-order valence-corrected chi connectivity index (χ0v) is 15.1. The summed E-state index contributed by atoms with van der Waals surface area (Å²) in [5.41, 5.74) is 2.21. The lowest BCUT2D eigenvalue weighted by Crippen LogP contribution is -2.30. The summed E-state index contributed by atoms with van der Waals surface area (Å²) in [5, 5.41) is 7.13. The second kappa shape index (κ2) is 9.44. The standard InChI is InChI=1S/C19H28N2O2S/c22-19(13-15-4-8-20-9-5-15)21-17-3-1-2-16(12-17)14-24-18-6-10-23-11-7-18/h1-3,12,15,18,20H,4-11,13-14H2,(H,21,22). The third-order valence-corrected chi connectivity index (χ3v) is 6.24. The minimum atomic E-state index is 0.149. The van der Waals surface area contributed by atoms with Crippen LogP contribution in [0.25, 0.3) is 0 Å². The average molecular weight is 349 g/mol. The van der Waals surface area contributed by atoms with Crippen molar-refractivity contribution < 1.29 is 9.53 Å². The number of carbonyl (C=O) groups excluding carboxylic acids is 1. The number of piperidine rings is 1. The maximum Gasteiger partial charge on any atom is 0.224 e. The fraction of sp³-hybridized carbons (Fsp3) is 0.632. The third kappa shape index (κ3) is 5.80. The second-order valence-electron chi connectivity index (χ2n) is 6.77. The molecule has 0 spiro atoms. The Morgan fingerprint density at radius 2 is 2.00 bits per heavy atom. The Morgan fingerprint density at radius 1 is 1.21 bits per heavy atom. The first kappa shape index (κ1) is 17.8. The first-order valence-electron chi connectivity index (χ1n) is 9.08. The van der Waals surface area contributed by atoms with Crippen molar-refractivity contribution in [1.29, 1.82) is 0 Å². The minimum absolute atomic E-state index is 0.149. The molecule has 0 atom stereocenters. The van der Waals surface area contributed by atoms with E-state index in [2.05, 4.69) is 22.8 Å². The van der Waals surface area contributed by atoms with Gasteiger partial charge in [0.15, 0.2) is 0 Å². The fourth-order valence-electron chi connectivity index (χ4n) is 3.36. The van der Waals surface area contributed by atoms with Crippen molar-refractivity contribution in [2.24, 2.45) is 5.92 Å². The molecule has 132 valence electrons. The minimum Gasteiger partial charge on any atom is -0.381 e. The van der Waals surface area contributed by atoms with E-state index < -0.39 is 0 Å². The van der Waals surface area contributed by atoms with Gasteiger partial charge in [0.05, 0.1) is 0 Å². The third-order valence-electron chi connectivity index (χ3n) is 4.80. The van der Waals surface area contributed by atoms with E-state index in [1.807, 2.05) is 23.9 Å². The quantitative estimate of drug-likeness (QED) is 0.827. The summed E-state index contributed by atoms with van der Waals surface area (Å²) in [6.07, 6.45) is 5.15. The zero-order valence-electron chi connectivity index (χ0n) is 14.3. The van der Waals surface area contributed by atoms with Gasteiger partial charge >= 0.3 is 0 Å². The Labute approximate surface area is 149 Å². The number of hydrogen-bond acceptors (Lipinski definition) is 4. The lowest BCUT2D eigenvalue weighted by atomic mass is 9.94. The predicted molar refractivity (Wildman–Crippen MR) is 100 cm³/mol. The molecule has 0 aromatic heterocycles. The number of nitrogens with one attached hydrogen (secondary N) is 2. The predicted octanol–water partition coefficient (Wildman–Crippen LogP) is 3.43. The first-order chi connectivity index (χ1) is 11.8. The van der Waals surface area contributed by atoms with E-state index in [1.165, 1.54) is 5.56 Å². The molecule has 1 aromatic carbocycles. The van der Waals surface area contributed by atoms with Gasteiger partial charge in [-0.15, -0.1) is 0 Å². The van der Waals surface area contributed by atoms with Crippen LogP contribution in [0.3, 0.4) is 0 Å². The summed E-state index contributed by atoms with van der Waals surface area (Å²) in [5.74, 6) is 1.68. The molecule has 3 rings (SSSR count). The van der Waals surface area contributed by atoms with E-state index in [-0.39, 0.29) is 5.91 Å². The van der Waals surface area contributed by atoms with Crippen LogP contribution in [0.2, 0.25) is 0 Å². The van der Waals surface area contributed by atoms with Gasteiger partial charge in [-0.1, -0.05) is 12.1 Å². The molecule has 1 amide bonds. The van der Waals surface area contributed by atoms with Crippen molar-refractivity contribution in [3.05, 3.63) is 29.8 Å². The summed E-state index contributed by atoms with van der Waals surface area (Å²) in [6, 6.07) is 8.30. The molecule has 0 saturated carbocycles. The lowest BCUT2D eigenvalue weighted by molar-refractivity contribution is -0.117. The van der Waals surface area contributed by atoms with Gasteiger partial charge in [0.1, 0.15) is 0 Å². The Bertz CT molecular complexity index is 526. The van der Waals surface area contributed by atoms with Gasteiger partial charge in [-0.3, -0.25) is 4.79 Å². The molecular weight excluding hydrogens is 320 g/mol. The monoisotopic (exact) mass is 348 g/mol. The molecule has 0 aliphatic carbocycles. The highest BCUT2D eigenvalue weighted by Gasteiger charge is 2.17. The fourth-order valence-corrected chi connectivity index (χ4v) is 4.49. The van der Waals surface area contributed by atoms with Crippen LogP contribution >= 0.6 is 11.8 Å². The van der Waals surface area contributed by atoms with Gasteiger partial charge in [0.25, 0.3) is 0 Å². The van der Waals surface area contributed by atoms with E-state index >= 15 is 0 Å². The van der Waals surface area contributed by atoms with Crippen molar-refractivity contribution in [2.45, 2.75) is 43.1 Å². The van der Waals surface area contributed by atoms with Crippen molar-refractivity contribution in [2.75, 3.05) is 31.6 Å². The van der Waals surface area contributed by atoms with Crippen LogP contribution in [-0.2, 0) is 15.3 Å². The molecule has 24 heavy (non-hydrogen) atoms. The van der Waals surface area contributed by atoms with Gasteiger partial charge in [-0.05, 0) is 62.4 Å². The van der Waals surface area contributed by atoms with Crippen LogP contribution < -0.4 is 10.6 Å². The number of hydrogen-bond donors (Lipinski definition) is 2. The molecule has 0 bridgehead atoms. The van der Waals surface area contributed by atoms with Crippen molar-refractivity contribution in [3.8, 4) is 0 Å². The molecule has 4 nitrogen and oxygen atoms in total. The average Bonchev–Trinajstić information content (AvgIpc) is 2.62. The molecular formula is C19H28N2O2S. The molecule has 2 heterocycles. The van der Waals surface area contributed by atoms with Crippen LogP contribution in [0.5, 0.6) is 0 Å². The molecule has 1 aromatic rings. The van der Waals surface area contributed by atoms with Crippen molar-refractivity contribution >= 4 is 23.4 Å². The first-order valence-corrected chi connectivity index (χ1v) is 10.1. The van der Waals surface area contributed by atoms with Crippen LogP contribution in [0.1, 0.15) is 37.7 Å². The number of anilines is 1. The van der Waals surface area contributed by atoms with E-state index in [0.717, 1.165) is 63.4 Å². The van der Waals surface area contributed by atoms with E-state index in [9.17, 15) is 4.79 Å². The van der Waals surface area contributed by atoms with Crippen LogP contribution in [0.4, 0.5) is 5.69 Å². The van der Waals surface area contributed by atoms with Gasteiger partial charge in [-0.25, -0.2) is 0 Å². The SMILES string of the molecule is O=C(CC1CCNCC1)Nc1cccc(CSC2CCOCC2)c1. The maximum atomic E-state index is 12.2. The van der Waals surface area contributed by atoms with Crippen molar-refractivity contribution in [1.82, 2.24) is 5.32 Å². The molecule has 2 fully saturated rings. The van der Waals surface area contributed by atoms with Gasteiger partial charge in [0, 0.05) is 36.3 Å². The highest BCUT2D eigenvalue weighted by molar-refractivity contribution is 7.99. The molecule has 2 aliphatic rings. The molecule has 2 saturated heterocycles. The highest BCUT2D eigenvalue weighted by atomic mass is 32.2. The Balaban J connectivity index is 1.46. The Kier molecular flexibility index (Phi) is 6.99. The molecule has 5 heteroatoms. The molecule has 2 N–H and O–H groups in total. The van der Waals surface area contributed by atoms with Crippen LogP contribution in [0.15, 0.2) is 24.3 Å². The Hall–Kier alpha value is -1.04. The van der Waals surface area contributed by atoms with Crippen LogP contribution in [-0.4, -0.2) is 37.5 Å². The zero-order chi connectivity index (χ0) is 16.6. The van der Waals surface area contributed by atoms with Gasteiger partial charge in [-0.2, -0.15) is 11.8 Å². The van der Waals surface area contributed by atoms with Crippen LogP contribution in [0, 0.1) is 5.92 Å². The van der Waals surface area contributed by atoms with Crippen molar-refractivity contribution in [3.63, 3.8) is 0 Å². The number of amides is 1. The van der Waals surface area contributed by atoms with Gasteiger partial charge < -0.3 is 15.4 Å². The summed E-state index contributed by atoms with van der Waals surface area (Å²) in [6.45, 7) is 3.86. The Morgan fingerprint density at radius 3 is 2.79 bits per heavy atom. The summed E-state index contributed by atoms with van der Waals surface area (Å²) < 4.78 is 5.41. The maximum absolute atomic E-state index is 12.2. The number of ether oxygens (including phenoxy) is 1. The van der Waals surface area contributed by atoms with E-state index in [1.54, 1.807) is 0 Å². The van der Waals surface area contributed by atoms with Gasteiger partial charge in [0.2, 0.25) is 5.91 Å².